The number of hydrogen-bond acceptors (Lipinski definition) is 5. The van der Waals surface area contributed by atoms with Gasteiger partial charge in [-0.2, -0.15) is 0 Å². The number of halogens is 3. The average Bonchev–Trinajstić information content (AvgIpc) is 3.24. The minimum atomic E-state index is -4.75. The molecule has 0 spiro atoms. The minimum absolute atomic E-state index is 0.0274. The molecule has 4 aliphatic rings. The molecule has 0 unspecified atom stereocenters. The fraction of sp³-hybridized carbons (Fsp3) is 0.552. The van der Waals surface area contributed by atoms with Crippen molar-refractivity contribution in [3.05, 3.63) is 65.7 Å². The molecule has 2 bridgehead atoms. The molecule has 0 aromatic heterocycles. The van der Waals surface area contributed by atoms with Gasteiger partial charge in [-0.15, -0.1) is 13.2 Å². The lowest BCUT2D eigenvalue weighted by Crippen LogP contribution is -2.65. The van der Waals surface area contributed by atoms with Crippen molar-refractivity contribution >= 4 is 13.0 Å². The molecule has 1 aliphatic heterocycles. The molecular weight excluding hydrogens is 508 g/mol. The summed E-state index contributed by atoms with van der Waals surface area (Å²) >= 11 is 0. The molecule has 6 atom stereocenters. The van der Waals surface area contributed by atoms with Crippen LogP contribution in [-0.2, 0) is 26.9 Å². The summed E-state index contributed by atoms with van der Waals surface area (Å²) in [4.78, 5) is 12.9. The predicted molar refractivity (Wildman–Crippen MR) is 142 cm³/mol. The Kier molecular flexibility index (Phi) is 7.50. The van der Waals surface area contributed by atoms with Gasteiger partial charge in [0.25, 0.3) is 0 Å². The van der Waals surface area contributed by atoms with Crippen LogP contribution in [-0.4, -0.2) is 43.7 Å². The van der Waals surface area contributed by atoms with Gasteiger partial charge in [0.2, 0.25) is 5.91 Å². The molecule has 3 aliphatic carbocycles. The van der Waals surface area contributed by atoms with Crippen molar-refractivity contribution in [2.45, 2.75) is 76.4 Å². The number of alkyl halides is 3. The quantitative estimate of drug-likeness (QED) is 0.439. The maximum atomic E-state index is 12.9. The van der Waals surface area contributed by atoms with Gasteiger partial charge in [0.1, 0.15) is 5.75 Å². The molecule has 1 saturated heterocycles. The van der Waals surface area contributed by atoms with Crippen LogP contribution in [0.25, 0.3) is 0 Å². The molecule has 6 nitrogen and oxygen atoms in total. The lowest BCUT2D eigenvalue weighted by Gasteiger charge is -2.64. The fourth-order valence-electron chi connectivity index (χ4n) is 6.82. The van der Waals surface area contributed by atoms with Gasteiger partial charge in [-0.25, -0.2) is 0 Å². The van der Waals surface area contributed by atoms with Crippen LogP contribution in [0.3, 0.4) is 0 Å². The van der Waals surface area contributed by atoms with Gasteiger partial charge in [0, 0.05) is 12.4 Å². The average molecular weight is 544 g/mol. The second-order valence-electron chi connectivity index (χ2n) is 12.0. The first-order valence-electron chi connectivity index (χ1n) is 13.6. The normalized spacial score (nSPS) is 28.7. The van der Waals surface area contributed by atoms with E-state index in [1.54, 1.807) is 12.1 Å². The van der Waals surface area contributed by atoms with E-state index in [9.17, 15) is 18.0 Å². The van der Waals surface area contributed by atoms with Crippen molar-refractivity contribution in [3.8, 4) is 5.75 Å². The molecule has 4 fully saturated rings. The van der Waals surface area contributed by atoms with Gasteiger partial charge in [0.15, 0.2) is 0 Å². The van der Waals surface area contributed by atoms with Gasteiger partial charge in [0.05, 0.1) is 17.7 Å². The summed E-state index contributed by atoms with van der Waals surface area (Å²) in [7, 11) is -0.563. The van der Waals surface area contributed by atoms with E-state index in [0.717, 1.165) is 24.0 Å². The molecule has 6 rings (SSSR count). The van der Waals surface area contributed by atoms with E-state index in [2.05, 4.69) is 30.8 Å². The smallest absolute Gasteiger partial charge is 0.406 e. The topological polar surface area (TPSA) is 82.8 Å². The molecule has 39 heavy (non-hydrogen) atoms. The Morgan fingerprint density at radius 2 is 1.74 bits per heavy atom. The van der Waals surface area contributed by atoms with E-state index in [4.69, 9.17) is 15.0 Å². The summed E-state index contributed by atoms with van der Waals surface area (Å²) in [6.07, 6.45) is -1.88. The van der Waals surface area contributed by atoms with Crippen LogP contribution >= 0.6 is 0 Å². The summed E-state index contributed by atoms with van der Waals surface area (Å²) in [6.45, 7) is 6.97. The Balaban J connectivity index is 1.29. The van der Waals surface area contributed by atoms with E-state index in [1.165, 1.54) is 12.1 Å². The summed E-state index contributed by atoms with van der Waals surface area (Å²) in [6, 6.07) is 14.6. The molecular formula is C29H36BF3N2O4. The van der Waals surface area contributed by atoms with Crippen LogP contribution in [0.5, 0.6) is 5.75 Å². The molecule has 10 heteroatoms. The maximum Gasteiger partial charge on any atom is 0.573 e. The SMILES string of the molecule is CC1(C)[C@H]2C[C@@H]3OB([C@@H](CNC(=O)[C@@H](N)Cc4ccccc4)Cc4ccc(OC(F)(F)F)cc4)O[C@]3(C)[C@@H]1C2. The number of amides is 1. The largest absolute Gasteiger partial charge is 0.573 e. The molecule has 1 heterocycles. The van der Waals surface area contributed by atoms with Crippen LogP contribution < -0.4 is 15.8 Å². The Morgan fingerprint density at radius 1 is 1.08 bits per heavy atom. The summed E-state index contributed by atoms with van der Waals surface area (Å²) in [5, 5.41) is 2.98. The van der Waals surface area contributed by atoms with Crippen molar-refractivity contribution < 1.29 is 32.0 Å². The highest BCUT2D eigenvalue weighted by molar-refractivity contribution is 6.47. The summed E-state index contributed by atoms with van der Waals surface area (Å²) < 4.78 is 55.0. The molecule has 210 valence electrons. The first-order valence-corrected chi connectivity index (χ1v) is 13.6. The summed E-state index contributed by atoms with van der Waals surface area (Å²) in [5.41, 5.74) is 7.72. The van der Waals surface area contributed by atoms with Crippen molar-refractivity contribution in [3.63, 3.8) is 0 Å². The van der Waals surface area contributed by atoms with E-state index >= 15 is 0 Å². The van der Waals surface area contributed by atoms with Crippen molar-refractivity contribution in [1.29, 1.82) is 0 Å². The van der Waals surface area contributed by atoms with Crippen LogP contribution in [0.15, 0.2) is 54.6 Å². The molecule has 1 amide bonds. The van der Waals surface area contributed by atoms with Crippen molar-refractivity contribution in [2.75, 3.05) is 6.54 Å². The Bertz CT molecular complexity index is 1160. The first kappa shape index (κ1) is 28.0. The van der Waals surface area contributed by atoms with E-state index < -0.39 is 25.1 Å². The minimum Gasteiger partial charge on any atom is -0.406 e. The molecule has 2 aromatic rings. The third-order valence-electron chi connectivity index (χ3n) is 9.18. The number of benzene rings is 2. The zero-order valence-corrected chi connectivity index (χ0v) is 22.5. The Hall–Kier alpha value is -2.56. The number of carbonyl (C=O) groups excluding carboxylic acids is 1. The van der Waals surface area contributed by atoms with Crippen LogP contribution in [0.2, 0.25) is 5.82 Å². The van der Waals surface area contributed by atoms with E-state index in [-0.39, 0.29) is 35.5 Å². The lowest BCUT2D eigenvalue weighted by molar-refractivity contribution is -0.274. The Labute approximate surface area is 227 Å². The number of nitrogens with one attached hydrogen (secondary N) is 1. The summed E-state index contributed by atoms with van der Waals surface area (Å²) in [5.74, 6) is 0.153. The zero-order valence-electron chi connectivity index (χ0n) is 22.5. The number of hydrogen-bond donors (Lipinski definition) is 2. The maximum absolute atomic E-state index is 12.9. The van der Waals surface area contributed by atoms with E-state index in [1.807, 2.05) is 30.3 Å². The lowest BCUT2D eigenvalue weighted by atomic mass is 9.43. The third kappa shape index (κ3) is 5.83. The number of nitrogens with two attached hydrogens (primary N) is 1. The van der Waals surface area contributed by atoms with Crippen molar-refractivity contribution in [1.82, 2.24) is 5.32 Å². The molecule has 0 radical (unpaired) electrons. The predicted octanol–water partition coefficient (Wildman–Crippen LogP) is 4.91. The standard InChI is InChI=1S/C29H36BF3N2O4/c1-27(2)20-15-24(27)28(3)25(16-20)38-30(39-28)21(13-19-9-11-22(12-10-19)37-29(31,32)33)17-35-26(36)23(34)14-18-7-5-4-6-8-18/h4-12,20-21,23-25H,13-17,34H2,1-3H3,(H,35,36)/t20-,21-,23+,24-,25+,28-/m1/s1. The van der Waals surface area contributed by atoms with Crippen LogP contribution in [0.1, 0.15) is 44.7 Å². The highest BCUT2D eigenvalue weighted by Crippen LogP contribution is 2.66. The highest BCUT2D eigenvalue weighted by atomic mass is 19.4. The fourth-order valence-corrected chi connectivity index (χ4v) is 6.82. The molecule has 3 saturated carbocycles. The highest BCUT2D eigenvalue weighted by Gasteiger charge is 2.68. The van der Waals surface area contributed by atoms with Gasteiger partial charge < -0.3 is 25.1 Å². The zero-order chi connectivity index (χ0) is 28.0. The van der Waals surface area contributed by atoms with Gasteiger partial charge in [-0.1, -0.05) is 56.3 Å². The number of carbonyl (C=O) groups is 1. The second-order valence-corrected chi connectivity index (χ2v) is 12.0. The number of rotatable bonds is 9. The third-order valence-corrected chi connectivity index (χ3v) is 9.18. The Morgan fingerprint density at radius 3 is 2.38 bits per heavy atom. The van der Waals surface area contributed by atoms with Gasteiger partial charge >= 0.3 is 13.5 Å². The van der Waals surface area contributed by atoms with E-state index in [0.29, 0.717) is 24.7 Å². The molecule has 2 aromatic carbocycles. The van der Waals surface area contributed by atoms with Crippen LogP contribution in [0, 0.1) is 17.3 Å². The van der Waals surface area contributed by atoms with Gasteiger partial charge in [-0.05, 0) is 73.1 Å². The first-order chi connectivity index (χ1) is 18.3. The molecule has 3 N–H and O–H groups in total. The van der Waals surface area contributed by atoms with Crippen molar-refractivity contribution in [2.24, 2.45) is 23.0 Å². The second kappa shape index (κ2) is 10.4. The number of ether oxygens (including phenoxy) is 1. The monoisotopic (exact) mass is 544 g/mol. The van der Waals surface area contributed by atoms with Gasteiger partial charge in [-0.3, -0.25) is 4.79 Å². The van der Waals surface area contributed by atoms with Crippen LogP contribution in [0.4, 0.5) is 13.2 Å².